The Balaban J connectivity index is 1.62. The molecule has 0 atom stereocenters. The maximum atomic E-state index is 12.3. The third-order valence-electron chi connectivity index (χ3n) is 4.52. The molecule has 0 saturated carbocycles. The Hall–Kier alpha value is -3.58. The van der Waals surface area contributed by atoms with E-state index in [1.165, 1.54) is 13.3 Å². The number of pyridine rings is 1. The van der Waals surface area contributed by atoms with Crippen molar-refractivity contribution in [3.63, 3.8) is 0 Å². The van der Waals surface area contributed by atoms with Gasteiger partial charge in [-0.25, -0.2) is 4.79 Å². The number of aryl methyl sites for hydroxylation is 2. The molecule has 0 spiro atoms. The van der Waals surface area contributed by atoms with Gasteiger partial charge in [0.25, 0.3) is 0 Å². The summed E-state index contributed by atoms with van der Waals surface area (Å²) < 4.78 is 11.1. The topological polar surface area (TPSA) is 89.6 Å². The Morgan fingerprint density at radius 1 is 1.10 bits per heavy atom. The molecule has 0 fully saturated rings. The van der Waals surface area contributed by atoms with E-state index < -0.39 is 0 Å². The molecule has 0 aliphatic heterocycles. The first kappa shape index (κ1) is 22.1. The summed E-state index contributed by atoms with van der Waals surface area (Å²) in [5.74, 6) is 1.66. The number of methoxy groups -OCH3 is 1. The van der Waals surface area contributed by atoms with Gasteiger partial charge in [0.05, 0.1) is 12.8 Å². The van der Waals surface area contributed by atoms with E-state index in [1.54, 1.807) is 24.3 Å². The van der Waals surface area contributed by atoms with Gasteiger partial charge in [-0.3, -0.25) is 9.78 Å². The Kier molecular flexibility index (Phi) is 7.10. The number of benzene rings is 2. The molecule has 31 heavy (non-hydrogen) atoms. The number of nitrogens with zero attached hydrogens (tertiary/aromatic N) is 1. The van der Waals surface area contributed by atoms with Gasteiger partial charge >= 0.3 is 6.03 Å². The molecule has 0 aliphatic carbocycles. The summed E-state index contributed by atoms with van der Waals surface area (Å²) >= 11 is 6.10. The van der Waals surface area contributed by atoms with E-state index in [0.717, 1.165) is 16.7 Å². The summed E-state index contributed by atoms with van der Waals surface area (Å²) in [5, 5.41) is 6.16. The number of nitrogens with one attached hydrogen (secondary N) is 2. The van der Waals surface area contributed by atoms with Gasteiger partial charge in [-0.15, -0.1) is 0 Å². The molecule has 1 heterocycles. The van der Waals surface area contributed by atoms with Crippen molar-refractivity contribution in [3.05, 3.63) is 76.1 Å². The molecule has 2 amide bonds. The van der Waals surface area contributed by atoms with Gasteiger partial charge in [0.2, 0.25) is 0 Å². The zero-order valence-electron chi connectivity index (χ0n) is 17.4. The molecule has 0 unspecified atom stereocenters. The number of carbonyl (C=O) groups excluding carboxylic acids is 2. The molecule has 2 aromatic carbocycles. The van der Waals surface area contributed by atoms with Crippen LogP contribution in [0.1, 0.15) is 27.2 Å². The van der Waals surface area contributed by atoms with E-state index in [-0.39, 0.29) is 6.03 Å². The van der Waals surface area contributed by atoms with Crippen molar-refractivity contribution in [1.82, 2.24) is 10.3 Å². The summed E-state index contributed by atoms with van der Waals surface area (Å²) in [6.07, 6.45) is 2.18. The molecule has 7 nitrogen and oxygen atoms in total. The van der Waals surface area contributed by atoms with Crippen LogP contribution >= 0.6 is 11.6 Å². The highest BCUT2D eigenvalue weighted by molar-refractivity contribution is 6.31. The first-order valence-corrected chi connectivity index (χ1v) is 9.85. The number of anilines is 1. The zero-order chi connectivity index (χ0) is 22.4. The highest BCUT2D eigenvalue weighted by Crippen LogP contribution is 2.31. The third kappa shape index (κ3) is 5.73. The van der Waals surface area contributed by atoms with Crippen LogP contribution in [0, 0.1) is 13.8 Å². The number of halogens is 1. The fourth-order valence-corrected chi connectivity index (χ4v) is 3.05. The standard InChI is InChI=1S/C23H22ClN3O4/c1-14-9-20(22(30-3)11-19(14)24)27-23(29)26-12-16-4-5-21(15(2)8-16)31-18-6-7-25-17(10-18)13-28/h4-11,13H,12H2,1-3H3,(H2,26,27,29). The van der Waals surface area contributed by atoms with Crippen molar-refractivity contribution in [2.45, 2.75) is 20.4 Å². The quantitative estimate of drug-likeness (QED) is 0.488. The van der Waals surface area contributed by atoms with Gasteiger partial charge in [-0.05, 0) is 48.7 Å². The largest absolute Gasteiger partial charge is 0.495 e. The molecule has 0 bridgehead atoms. The van der Waals surface area contributed by atoms with Crippen LogP contribution in [-0.4, -0.2) is 24.4 Å². The number of ether oxygens (including phenoxy) is 2. The number of aldehydes is 1. The summed E-state index contributed by atoms with van der Waals surface area (Å²) in [5.41, 5.74) is 3.46. The van der Waals surface area contributed by atoms with E-state index in [1.807, 2.05) is 32.0 Å². The van der Waals surface area contributed by atoms with Gasteiger partial charge in [0.15, 0.2) is 6.29 Å². The van der Waals surface area contributed by atoms with Crippen molar-refractivity contribution in [1.29, 1.82) is 0 Å². The van der Waals surface area contributed by atoms with Crippen LogP contribution < -0.4 is 20.1 Å². The molecular formula is C23H22ClN3O4. The zero-order valence-corrected chi connectivity index (χ0v) is 18.1. The second kappa shape index (κ2) is 9.95. The Labute approximate surface area is 185 Å². The van der Waals surface area contributed by atoms with Crippen molar-refractivity contribution in [3.8, 4) is 17.2 Å². The fourth-order valence-electron chi connectivity index (χ4n) is 2.90. The van der Waals surface area contributed by atoms with Crippen LogP contribution in [0.5, 0.6) is 17.2 Å². The second-order valence-electron chi connectivity index (χ2n) is 6.85. The summed E-state index contributed by atoms with van der Waals surface area (Å²) in [4.78, 5) is 27.1. The fraction of sp³-hybridized carbons (Fsp3) is 0.174. The van der Waals surface area contributed by atoms with Crippen LogP contribution in [0.25, 0.3) is 0 Å². The average Bonchev–Trinajstić information content (AvgIpc) is 2.76. The minimum atomic E-state index is -0.365. The molecule has 0 saturated heterocycles. The monoisotopic (exact) mass is 439 g/mol. The minimum Gasteiger partial charge on any atom is -0.495 e. The van der Waals surface area contributed by atoms with Crippen LogP contribution in [0.3, 0.4) is 0 Å². The Morgan fingerprint density at radius 2 is 1.90 bits per heavy atom. The van der Waals surface area contributed by atoms with E-state index in [2.05, 4.69) is 15.6 Å². The predicted octanol–water partition coefficient (Wildman–Crippen LogP) is 5.29. The molecule has 0 radical (unpaired) electrons. The number of hydrogen-bond acceptors (Lipinski definition) is 5. The maximum Gasteiger partial charge on any atom is 0.319 e. The van der Waals surface area contributed by atoms with Crippen molar-refractivity contribution < 1.29 is 19.1 Å². The van der Waals surface area contributed by atoms with E-state index >= 15 is 0 Å². The van der Waals surface area contributed by atoms with Gasteiger partial charge in [-0.1, -0.05) is 23.7 Å². The predicted molar refractivity (Wildman–Crippen MR) is 119 cm³/mol. The average molecular weight is 440 g/mol. The molecular weight excluding hydrogens is 418 g/mol. The number of urea groups is 1. The molecule has 8 heteroatoms. The third-order valence-corrected chi connectivity index (χ3v) is 4.93. The number of amides is 2. The van der Waals surface area contributed by atoms with Gasteiger partial charge in [-0.2, -0.15) is 0 Å². The van der Waals surface area contributed by atoms with Crippen molar-refractivity contribution >= 4 is 29.6 Å². The van der Waals surface area contributed by atoms with E-state index in [9.17, 15) is 9.59 Å². The van der Waals surface area contributed by atoms with Crippen LogP contribution in [0.4, 0.5) is 10.5 Å². The molecule has 2 N–H and O–H groups in total. The normalized spacial score (nSPS) is 10.3. The smallest absolute Gasteiger partial charge is 0.319 e. The summed E-state index contributed by atoms with van der Waals surface area (Å²) in [6, 6.07) is 11.9. The van der Waals surface area contributed by atoms with E-state index in [4.69, 9.17) is 21.1 Å². The second-order valence-corrected chi connectivity index (χ2v) is 7.25. The lowest BCUT2D eigenvalue weighted by Gasteiger charge is -2.14. The van der Waals surface area contributed by atoms with Gasteiger partial charge in [0.1, 0.15) is 22.9 Å². The van der Waals surface area contributed by atoms with Crippen molar-refractivity contribution in [2.75, 3.05) is 12.4 Å². The number of aromatic nitrogens is 1. The van der Waals surface area contributed by atoms with Gasteiger partial charge < -0.3 is 20.1 Å². The lowest BCUT2D eigenvalue weighted by Crippen LogP contribution is -2.28. The summed E-state index contributed by atoms with van der Waals surface area (Å²) in [6.45, 7) is 4.08. The van der Waals surface area contributed by atoms with E-state index in [0.29, 0.717) is 46.5 Å². The maximum absolute atomic E-state index is 12.3. The lowest BCUT2D eigenvalue weighted by molar-refractivity contribution is 0.111. The molecule has 160 valence electrons. The minimum absolute atomic E-state index is 0.300. The first-order valence-electron chi connectivity index (χ1n) is 9.47. The number of rotatable bonds is 7. The highest BCUT2D eigenvalue weighted by Gasteiger charge is 2.11. The van der Waals surface area contributed by atoms with Crippen LogP contribution in [0.2, 0.25) is 5.02 Å². The van der Waals surface area contributed by atoms with Crippen molar-refractivity contribution in [2.24, 2.45) is 0 Å². The Morgan fingerprint density at radius 3 is 2.61 bits per heavy atom. The number of hydrogen-bond donors (Lipinski definition) is 2. The number of carbonyl (C=O) groups is 2. The molecule has 3 rings (SSSR count). The van der Waals surface area contributed by atoms with Crippen LogP contribution in [0.15, 0.2) is 48.7 Å². The first-order chi connectivity index (χ1) is 14.9. The molecule has 1 aromatic heterocycles. The van der Waals surface area contributed by atoms with Crippen LogP contribution in [-0.2, 0) is 6.54 Å². The highest BCUT2D eigenvalue weighted by atomic mass is 35.5. The SMILES string of the molecule is COc1cc(Cl)c(C)cc1NC(=O)NCc1ccc(Oc2ccnc(C=O)c2)c(C)c1. The molecule has 0 aliphatic rings. The van der Waals surface area contributed by atoms with Gasteiger partial charge in [0, 0.05) is 29.9 Å². The Bertz CT molecular complexity index is 1120. The lowest BCUT2D eigenvalue weighted by atomic mass is 10.1. The summed E-state index contributed by atoms with van der Waals surface area (Å²) in [7, 11) is 1.52. The molecule has 3 aromatic rings.